The van der Waals surface area contributed by atoms with Crippen molar-refractivity contribution >= 4 is 11.8 Å². The lowest BCUT2D eigenvalue weighted by Crippen LogP contribution is -2.68. The zero-order chi connectivity index (χ0) is 15.4. The van der Waals surface area contributed by atoms with Crippen LogP contribution in [0.25, 0.3) is 0 Å². The molecule has 0 aromatic heterocycles. The molecule has 1 aliphatic heterocycles. The molecule has 2 amide bonds. The molecule has 0 aromatic rings. The van der Waals surface area contributed by atoms with Crippen LogP contribution in [-0.2, 0) is 14.3 Å². The second kappa shape index (κ2) is 7.07. The van der Waals surface area contributed by atoms with Crippen molar-refractivity contribution in [1.29, 1.82) is 0 Å². The van der Waals surface area contributed by atoms with Crippen molar-refractivity contribution in [2.45, 2.75) is 59.2 Å². The number of carbonyl (C=O) groups is 2. The molecule has 1 aliphatic rings. The lowest BCUT2D eigenvalue weighted by atomic mass is 9.90. The molecule has 4 atom stereocenters. The van der Waals surface area contributed by atoms with Crippen LogP contribution in [0, 0.1) is 11.8 Å². The highest BCUT2D eigenvalue weighted by Crippen LogP contribution is 2.24. The summed E-state index contributed by atoms with van der Waals surface area (Å²) in [6.45, 7) is 10.3. The van der Waals surface area contributed by atoms with Gasteiger partial charge in [-0.25, -0.2) is 0 Å². The Balaban J connectivity index is 3.07. The van der Waals surface area contributed by atoms with E-state index in [0.717, 1.165) is 6.42 Å². The molecule has 1 rings (SSSR count). The molecule has 0 saturated carbocycles. The number of ether oxygens (including phenoxy) is 1. The summed E-state index contributed by atoms with van der Waals surface area (Å²) in [5.41, 5.74) is 0. The Bertz CT molecular complexity index is 357. The van der Waals surface area contributed by atoms with Gasteiger partial charge in [0.25, 0.3) is 0 Å². The zero-order valence-electron chi connectivity index (χ0n) is 13.5. The summed E-state index contributed by atoms with van der Waals surface area (Å²) >= 11 is 0. The average molecular weight is 284 g/mol. The maximum Gasteiger partial charge on any atom is 0.246 e. The summed E-state index contributed by atoms with van der Waals surface area (Å²) in [5.74, 6) is 0.183. The van der Waals surface area contributed by atoms with E-state index in [4.69, 9.17) is 4.74 Å². The van der Waals surface area contributed by atoms with Gasteiger partial charge in [-0.3, -0.25) is 9.59 Å². The summed E-state index contributed by atoms with van der Waals surface area (Å²) in [4.78, 5) is 26.9. The van der Waals surface area contributed by atoms with Crippen molar-refractivity contribution in [3.05, 3.63) is 0 Å². The van der Waals surface area contributed by atoms with E-state index in [1.54, 1.807) is 12.0 Å². The average Bonchev–Trinajstić information content (AvgIpc) is 2.39. The Morgan fingerprint density at radius 2 is 1.85 bits per heavy atom. The van der Waals surface area contributed by atoms with Gasteiger partial charge in [-0.05, 0) is 18.8 Å². The highest BCUT2D eigenvalue weighted by molar-refractivity contribution is 5.97. The Kier molecular flexibility index (Phi) is 5.99. The first-order chi connectivity index (χ1) is 9.34. The third-order valence-corrected chi connectivity index (χ3v) is 4.11. The van der Waals surface area contributed by atoms with Crippen LogP contribution in [0.5, 0.6) is 0 Å². The van der Waals surface area contributed by atoms with E-state index < -0.39 is 12.1 Å². The minimum absolute atomic E-state index is 0.0159. The standard InChI is InChI=1S/C15H28N2O3/c1-7-10(4)12-15(19)17(11(5)8-20-6)13(9(2)3)14(18)16-12/h9-13H,7-8H2,1-6H3,(H,16,18). The van der Waals surface area contributed by atoms with Gasteiger partial charge in [-0.15, -0.1) is 0 Å². The van der Waals surface area contributed by atoms with Crippen molar-refractivity contribution in [3.63, 3.8) is 0 Å². The van der Waals surface area contributed by atoms with Gasteiger partial charge in [0, 0.05) is 7.11 Å². The molecule has 1 N–H and O–H groups in total. The molecular formula is C15H28N2O3. The molecule has 0 spiro atoms. The Hall–Kier alpha value is -1.10. The lowest BCUT2D eigenvalue weighted by molar-refractivity contribution is -0.156. The maximum absolute atomic E-state index is 12.8. The summed E-state index contributed by atoms with van der Waals surface area (Å²) in [7, 11) is 1.61. The largest absolute Gasteiger partial charge is 0.383 e. The Morgan fingerprint density at radius 1 is 1.25 bits per heavy atom. The summed E-state index contributed by atoms with van der Waals surface area (Å²) in [6.07, 6.45) is 0.857. The third-order valence-electron chi connectivity index (χ3n) is 4.11. The van der Waals surface area contributed by atoms with Gasteiger partial charge in [-0.2, -0.15) is 0 Å². The first-order valence-electron chi connectivity index (χ1n) is 7.46. The topological polar surface area (TPSA) is 58.6 Å². The second-order valence-electron chi connectivity index (χ2n) is 6.11. The number of rotatable bonds is 6. The fourth-order valence-electron chi connectivity index (χ4n) is 2.78. The lowest BCUT2D eigenvalue weighted by Gasteiger charge is -2.45. The van der Waals surface area contributed by atoms with E-state index in [-0.39, 0.29) is 29.7 Å². The van der Waals surface area contributed by atoms with Crippen molar-refractivity contribution in [2.75, 3.05) is 13.7 Å². The van der Waals surface area contributed by atoms with Crippen molar-refractivity contribution < 1.29 is 14.3 Å². The molecule has 116 valence electrons. The molecule has 4 unspecified atom stereocenters. The van der Waals surface area contributed by atoms with Crippen LogP contribution in [0.4, 0.5) is 0 Å². The molecular weight excluding hydrogens is 256 g/mol. The van der Waals surface area contributed by atoms with Crippen molar-refractivity contribution in [2.24, 2.45) is 11.8 Å². The van der Waals surface area contributed by atoms with Crippen LogP contribution in [0.15, 0.2) is 0 Å². The van der Waals surface area contributed by atoms with E-state index in [0.29, 0.717) is 6.61 Å². The van der Waals surface area contributed by atoms with Crippen LogP contribution in [0.2, 0.25) is 0 Å². The van der Waals surface area contributed by atoms with Gasteiger partial charge < -0.3 is 15.0 Å². The van der Waals surface area contributed by atoms with Gasteiger partial charge in [0.15, 0.2) is 0 Å². The predicted molar refractivity (Wildman–Crippen MR) is 78.2 cm³/mol. The molecule has 1 heterocycles. The monoisotopic (exact) mass is 284 g/mol. The number of hydrogen-bond donors (Lipinski definition) is 1. The van der Waals surface area contributed by atoms with Gasteiger partial charge in [0.05, 0.1) is 12.6 Å². The molecule has 0 aliphatic carbocycles. The van der Waals surface area contributed by atoms with E-state index in [1.807, 2.05) is 34.6 Å². The number of nitrogens with zero attached hydrogens (tertiary/aromatic N) is 1. The molecule has 0 aromatic carbocycles. The fraction of sp³-hybridized carbons (Fsp3) is 0.867. The summed E-state index contributed by atoms with van der Waals surface area (Å²) in [6, 6.07) is -0.924. The number of carbonyl (C=O) groups excluding carboxylic acids is 2. The highest BCUT2D eigenvalue weighted by atomic mass is 16.5. The third kappa shape index (κ3) is 3.32. The van der Waals surface area contributed by atoms with Crippen LogP contribution < -0.4 is 5.32 Å². The van der Waals surface area contributed by atoms with Gasteiger partial charge >= 0.3 is 0 Å². The fourth-order valence-corrected chi connectivity index (χ4v) is 2.78. The molecule has 20 heavy (non-hydrogen) atoms. The molecule has 0 radical (unpaired) electrons. The van der Waals surface area contributed by atoms with E-state index >= 15 is 0 Å². The maximum atomic E-state index is 12.8. The molecule has 5 heteroatoms. The Labute approximate surface area is 122 Å². The van der Waals surface area contributed by atoms with E-state index in [9.17, 15) is 9.59 Å². The predicted octanol–water partition coefficient (Wildman–Crippen LogP) is 1.42. The van der Waals surface area contributed by atoms with Crippen LogP contribution >= 0.6 is 0 Å². The van der Waals surface area contributed by atoms with Crippen LogP contribution in [0.3, 0.4) is 0 Å². The molecule has 1 saturated heterocycles. The zero-order valence-corrected chi connectivity index (χ0v) is 13.5. The first kappa shape index (κ1) is 17.0. The van der Waals surface area contributed by atoms with Gasteiger partial charge in [0.2, 0.25) is 11.8 Å². The Morgan fingerprint density at radius 3 is 2.30 bits per heavy atom. The minimum atomic E-state index is -0.415. The van der Waals surface area contributed by atoms with Crippen LogP contribution in [-0.4, -0.2) is 48.6 Å². The highest BCUT2D eigenvalue weighted by Gasteiger charge is 2.45. The number of nitrogens with one attached hydrogen (secondary N) is 1. The quantitative estimate of drug-likeness (QED) is 0.802. The normalized spacial score (nSPS) is 26.6. The SMILES string of the molecule is CCC(C)C1NC(=O)C(C(C)C)N(C(C)COC)C1=O. The van der Waals surface area contributed by atoms with Crippen LogP contribution in [0.1, 0.15) is 41.0 Å². The number of amides is 2. The van der Waals surface area contributed by atoms with E-state index in [1.165, 1.54) is 0 Å². The number of piperazine rings is 1. The van der Waals surface area contributed by atoms with Crippen molar-refractivity contribution in [3.8, 4) is 0 Å². The minimum Gasteiger partial charge on any atom is -0.383 e. The first-order valence-corrected chi connectivity index (χ1v) is 7.46. The molecule has 1 fully saturated rings. The van der Waals surface area contributed by atoms with Gasteiger partial charge in [0.1, 0.15) is 12.1 Å². The molecule has 0 bridgehead atoms. The van der Waals surface area contributed by atoms with Gasteiger partial charge in [-0.1, -0.05) is 34.1 Å². The number of hydrogen-bond acceptors (Lipinski definition) is 3. The molecule has 5 nitrogen and oxygen atoms in total. The van der Waals surface area contributed by atoms with E-state index in [2.05, 4.69) is 5.32 Å². The summed E-state index contributed by atoms with van der Waals surface area (Å²) < 4.78 is 5.16. The smallest absolute Gasteiger partial charge is 0.246 e. The van der Waals surface area contributed by atoms with Crippen molar-refractivity contribution in [1.82, 2.24) is 10.2 Å². The second-order valence-corrected chi connectivity index (χ2v) is 6.11. The summed E-state index contributed by atoms with van der Waals surface area (Å²) in [5, 5.41) is 2.90. The number of methoxy groups -OCH3 is 1.